The maximum atomic E-state index is 10.1. The Kier molecular flexibility index (Phi) is 6.34. The Hall–Kier alpha value is -3.43. The van der Waals surface area contributed by atoms with Crippen LogP contribution >= 0.6 is 0 Å². The number of rotatable bonds is 6. The molecule has 6 heteroatoms. The molecule has 0 aromatic heterocycles. The summed E-state index contributed by atoms with van der Waals surface area (Å²) in [6, 6.07) is 12.0. The lowest BCUT2D eigenvalue weighted by Crippen LogP contribution is -2.42. The minimum atomic E-state index is -1.61. The van der Waals surface area contributed by atoms with Gasteiger partial charge >= 0.3 is 0 Å². The van der Waals surface area contributed by atoms with Crippen LogP contribution in [0.15, 0.2) is 41.1 Å². The standard InChI is InChI=1S/C24H26N4O2/c1-3-4-11-30-20-10-9-16(12-21(20)29-2)22-18-8-6-5-7-17(18)19(13-25)23(28)24(22,14-26)15-27/h7,9-10,12,18,22H,3-6,8,11,28H2,1-2H3/t18-,22+/m1/s1. The zero-order valence-corrected chi connectivity index (χ0v) is 17.4. The van der Waals surface area contributed by atoms with Crippen molar-refractivity contribution in [1.29, 1.82) is 15.8 Å². The van der Waals surface area contributed by atoms with E-state index in [2.05, 4.69) is 25.1 Å². The van der Waals surface area contributed by atoms with Gasteiger partial charge in [0.2, 0.25) is 0 Å². The summed E-state index contributed by atoms with van der Waals surface area (Å²) < 4.78 is 11.4. The summed E-state index contributed by atoms with van der Waals surface area (Å²) >= 11 is 0. The first-order chi connectivity index (χ1) is 14.6. The minimum Gasteiger partial charge on any atom is -0.493 e. The minimum absolute atomic E-state index is 0.0478. The van der Waals surface area contributed by atoms with Crippen molar-refractivity contribution < 1.29 is 9.47 Å². The molecule has 0 fully saturated rings. The SMILES string of the molecule is CCCCOc1ccc([C@H]2[C@@H]3CCCC=C3C(C#N)=C(N)C2(C#N)C#N)cc1OC. The first kappa shape index (κ1) is 21.3. The zero-order valence-electron chi connectivity index (χ0n) is 17.4. The van der Waals surface area contributed by atoms with Gasteiger partial charge < -0.3 is 15.2 Å². The highest BCUT2D eigenvalue weighted by Crippen LogP contribution is 2.56. The molecule has 0 unspecified atom stereocenters. The molecule has 154 valence electrons. The molecule has 2 aliphatic carbocycles. The molecule has 0 amide bonds. The number of hydrogen-bond donors (Lipinski definition) is 1. The highest BCUT2D eigenvalue weighted by atomic mass is 16.5. The summed E-state index contributed by atoms with van der Waals surface area (Å²) in [5.41, 5.74) is 6.68. The molecule has 0 saturated carbocycles. The molecule has 0 heterocycles. The van der Waals surface area contributed by atoms with E-state index >= 15 is 0 Å². The van der Waals surface area contributed by atoms with E-state index in [0.717, 1.165) is 43.2 Å². The van der Waals surface area contributed by atoms with Crippen LogP contribution in [0.25, 0.3) is 0 Å². The average Bonchev–Trinajstić information content (AvgIpc) is 2.79. The molecule has 2 atom stereocenters. The van der Waals surface area contributed by atoms with Gasteiger partial charge in [0.1, 0.15) is 6.07 Å². The topological polar surface area (TPSA) is 116 Å². The first-order valence-electron chi connectivity index (χ1n) is 10.3. The van der Waals surface area contributed by atoms with Gasteiger partial charge in [0, 0.05) is 5.92 Å². The fraction of sp³-hybridized carbons (Fsp3) is 0.458. The second kappa shape index (κ2) is 8.93. The Balaban J connectivity index is 2.16. The summed E-state index contributed by atoms with van der Waals surface area (Å²) in [7, 11) is 1.57. The Bertz CT molecular complexity index is 990. The number of fused-ring (bicyclic) bond motifs is 1. The molecular weight excluding hydrogens is 376 g/mol. The fourth-order valence-electron chi connectivity index (χ4n) is 4.57. The lowest BCUT2D eigenvalue weighted by molar-refractivity contribution is 0.285. The third-order valence-electron chi connectivity index (χ3n) is 6.10. The van der Waals surface area contributed by atoms with Gasteiger partial charge in [-0.25, -0.2) is 0 Å². The van der Waals surface area contributed by atoms with E-state index in [9.17, 15) is 15.8 Å². The number of benzene rings is 1. The van der Waals surface area contributed by atoms with Crippen molar-refractivity contribution >= 4 is 0 Å². The van der Waals surface area contributed by atoms with Crippen LogP contribution in [-0.4, -0.2) is 13.7 Å². The van der Waals surface area contributed by atoms with Crippen LogP contribution in [0.1, 0.15) is 50.5 Å². The van der Waals surface area contributed by atoms with Crippen LogP contribution in [0.4, 0.5) is 0 Å². The number of nitriles is 3. The normalized spacial score (nSPS) is 22.0. The van der Waals surface area contributed by atoms with Gasteiger partial charge in [-0.2, -0.15) is 15.8 Å². The van der Waals surface area contributed by atoms with E-state index in [0.29, 0.717) is 18.1 Å². The summed E-state index contributed by atoms with van der Waals surface area (Å²) in [6.07, 6.45) is 6.58. The van der Waals surface area contributed by atoms with Crippen LogP contribution in [0, 0.1) is 45.3 Å². The van der Waals surface area contributed by atoms with E-state index in [1.807, 2.05) is 24.3 Å². The highest BCUT2D eigenvalue weighted by molar-refractivity contribution is 5.60. The summed E-state index contributed by atoms with van der Waals surface area (Å²) in [4.78, 5) is 0. The average molecular weight is 402 g/mol. The second-order valence-electron chi connectivity index (χ2n) is 7.72. The van der Waals surface area contributed by atoms with Gasteiger partial charge in [0.25, 0.3) is 0 Å². The molecule has 0 radical (unpaired) electrons. The van der Waals surface area contributed by atoms with Gasteiger partial charge in [0.15, 0.2) is 16.9 Å². The highest BCUT2D eigenvalue weighted by Gasteiger charge is 2.53. The molecular formula is C24H26N4O2. The molecule has 0 saturated heterocycles. The van der Waals surface area contributed by atoms with Gasteiger partial charge in [0.05, 0.1) is 37.1 Å². The van der Waals surface area contributed by atoms with Crippen molar-refractivity contribution in [3.8, 4) is 29.7 Å². The molecule has 2 aliphatic rings. The van der Waals surface area contributed by atoms with Gasteiger partial charge in [-0.15, -0.1) is 0 Å². The van der Waals surface area contributed by atoms with Crippen molar-refractivity contribution in [1.82, 2.24) is 0 Å². The third-order valence-corrected chi connectivity index (χ3v) is 6.10. The molecule has 3 rings (SSSR count). The summed E-state index contributed by atoms with van der Waals surface area (Å²) in [6.45, 7) is 2.69. The molecule has 30 heavy (non-hydrogen) atoms. The van der Waals surface area contributed by atoms with Crippen LogP contribution in [-0.2, 0) is 0 Å². The number of ether oxygens (including phenoxy) is 2. The van der Waals surface area contributed by atoms with Crippen molar-refractivity contribution in [3.63, 3.8) is 0 Å². The number of methoxy groups -OCH3 is 1. The molecule has 0 aliphatic heterocycles. The molecule has 1 aromatic carbocycles. The molecule has 2 N–H and O–H groups in total. The number of nitrogens with zero attached hydrogens (tertiary/aromatic N) is 3. The van der Waals surface area contributed by atoms with Gasteiger partial charge in [-0.3, -0.25) is 0 Å². The Morgan fingerprint density at radius 2 is 1.97 bits per heavy atom. The van der Waals surface area contributed by atoms with E-state index in [4.69, 9.17) is 15.2 Å². The van der Waals surface area contributed by atoms with E-state index < -0.39 is 11.3 Å². The smallest absolute Gasteiger partial charge is 0.191 e. The summed E-state index contributed by atoms with van der Waals surface area (Å²) in [5.74, 6) is 0.570. The van der Waals surface area contributed by atoms with Crippen molar-refractivity contribution in [2.45, 2.75) is 44.9 Å². The van der Waals surface area contributed by atoms with E-state index in [-0.39, 0.29) is 17.2 Å². The zero-order chi connectivity index (χ0) is 21.7. The fourth-order valence-corrected chi connectivity index (χ4v) is 4.57. The van der Waals surface area contributed by atoms with E-state index in [1.165, 1.54) is 0 Å². The molecule has 0 spiro atoms. The van der Waals surface area contributed by atoms with Crippen molar-refractivity contribution in [2.75, 3.05) is 13.7 Å². The van der Waals surface area contributed by atoms with Crippen LogP contribution in [0.2, 0.25) is 0 Å². The lowest BCUT2D eigenvalue weighted by atomic mass is 9.57. The molecule has 6 nitrogen and oxygen atoms in total. The van der Waals surface area contributed by atoms with Crippen molar-refractivity contribution in [3.05, 3.63) is 46.7 Å². The maximum absolute atomic E-state index is 10.1. The quantitative estimate of drug-likeness (QED) is 0.702. The monoisotopic (exact) mass is 402 g/mol. The second-order valence-corrected chi connectivity index (χ2v) is 7.72. The Morgan fingerprint density at radius 1 is 1.20 bits per heavy atom. The Labute approximate surface area is 177 Å². The number of hydrogen-bond acceptors (Lipinski definition) is 6. The summed E-state index contributed by atoms with van der Waals surface area (Å²) in [5, 5.41) is 29.9. The Morgan fingerprint density at radius 3 is 2.60 bits per heavy atom. The van der Waals surface area contributed by atoms with Crippen LogP contribution in [0.3, 0.4) is 0 Å². The first-order valence-corrected chi connectivity index (χ1v) is 10.3. The molecule has 1 aromatic rings. The van der Waals surface area contributed by atoms with Gasteiger partial charge in [-0.05, 0) is 54.9 Å². The molecule has 0 bridgehead atoms. The lowest BCUT2D eigenvalue weighted by Gasteiger charge is -2.43. The number of allylic oxidation sites excluding steroid dienone is 4. The van der Waals surface area contributed by atoms with Crippen LogP contribution in [0.5, 0.6) is 11.5 Å². The third kappa shape index (κ3) is 3.38. The number of nitrogens with two attached hydrogens (primary N) is 1. The number of unbranched alkanes of at least 4 members (excludes halogenated alkanes) is 1. The van der Waals surface area contributed by atoms with Crippen LogP contribution < -0.4 is 15.2 Å². The predicted octanol–water partition coefficient (Wildman–Crippen LogP) is 4.47. The van der Waals surface area contributed by atoms with Gasteiger partial charge in [-0.1, -0.05) is 25.5 Å². The van der Waals surface area contributed by atoms with E-state index in [1.54, 1.807) is 7.11 Å². The maximum Gasteiger partial charge on any atom is 0.191 e. The predicted molar refractivity (Wildman–Crippen MR) is 112 cm³/mol. The largest absolute Gasteiger partial charge is 0.493 e. The van der Waals surface area contributed by atoms with Crippen molar-refractivity contribution in [2.24, 2.45) is 17.1 Å².